The van der Waals surface area contributed by atoms with Crippen LogP contribution in [0.4, 0.5) is 4.39 Å². The van der Waals surface area contributed by atoms with Gasteiger partial charge in [-0.3, -0.25) is 4.79 Å². The Morgan fingerprint density at radius 1 is 1.19 bits per heavy atom. The van der Waals surface area contributed by atoms with E-state index in [1.54, 1.807) is 18.2 Å². The van der Waals surface area contributed by atoms with Gasteiger partial charge in [-0.05, 0) is 23.8 Å². The molecule has 0 atom stereocenters. The molecule has 0 saturated heterocycles. The molecular weight excluding hydrogens is 269 g/mol. The maximum atomic E-state index is 13.5. The van der Waals surface area contributed by atoms with E-state index in [2.05, 4.69) is 10.3 Å². The predicted molar refractivity (Wildman–Crippen MR) is 77.1 cm³/mol. The number of halogens is 1. The molecule has 0 spiro atoms. The molecular formula is C16H14FN3O. The minimum absolute atomic E-state index is 0.0278. The van der Waals surface area contributed by atoms with Crippen molar-refractivity contribution in [1.29, 1.82) is 0 Å². The first kappa shape index (κ1) is 13.3. The fourth-order valence-electron chi connectivity index (χ4n) is 2.14. The third kappa shape index (κ3) is 3.08. The summed E-state index contributed by atoms with van der Waals surface area (Å²) in [6, 6.07) is 12.0. The van der Waals surface area contributed by atoms with Crippen molar-refractivity contribution in [3.05, 3.63) is 71.9 Å². The summed E-state index contributed by atoms with van der Waals surface area (Å²) < 4.78 is 15.3. The van der Waals surface area contributed by atoms with Crippen molar-refractivity contribution >= 4 is 11.6 Å². The highest BCUT2D eigenvalue weighted by Crippen LogP contribution is 2.07. The molecule has 0 aliphatic heterocycles. The Kier molecular flexibility index (Phi) is 3.64. The van der Waals surface area contributed by atoms with E-state index in [4.69, 9.17) is 0 Å². The number of fused-ring (bicyclic) bond motifs is 1. The molecule has 0 radical (unpaired) electrons. The maximum absolute atomic E-state index is 13.5. The number of hydrogen-bond donors (Lipinski definition) is 1. The summed E-state index contributed by atoms with van der Waals surface area (Å²) in [7, 11) is 0. The van der Waals surface area contributed by atoms with E-state index in [1.807, 2.05) is 35.0 Å². The van der Waals surface area contributed by atoms with Gasteiger partial charge in [0.1, 0.15) is 11.5 Å². The van der Waals surface area contributed by atoms with Crippen LogP contribution in [0, 0.1) is 5.82 Å². The third-order valence-corrected chi connectivity index (χ3v) is 3.19. The van der Waals surface area contributed by atoms with Gasteiger partial charge in [0.2, 0.25) is 5.91 Å². The molecule has 21 heavy (non-hydrogen) atoms. The van der Waals surface area contributed by atoms with Crippen LogP contribution in [0.25, 0.3) is 5.65 Å². The minimum Gasteiger partial charge on any atom is -0.350 e. The van der Waals surface area contributed by atoms with E-state index in [1.165, 1.54) is 6.07 Å². The zero-order valence-corrected chi connectivity index (χ0v) is 11.3. The van der Waals surface area contributed by atoms with Crippen LogP contribution in [0.2, 0.25) is 0 Å². The highest BCUT2D eigenvalue weighted by molar-refractivity contribution is 5.78. The minimum atomic E-state index is -0.361. The Morgan fingerprint density at radius 2 is 2.00 bits per heavy atom. The molecule has 1 aromatic carbocycles. The molecule has 2 heterocycles. The van der Waals surface area contributed by atoms with Crippen LogP contribution < -0.4 is 5.32 Å². The van der Waals surface area contributed by atoms with Crippen LogP contribution in [0.15, 0.2) is 54.9 Å². The van der Waals surface area contributed by atoms with Gasteiger partial charge in [0.15, 0.2) is 0 Å². The lowest BCUT2D eigenvalue weighted by atomic mass is 10.1. The molecule has 0 unspecified atom stereocenters. The lowest BCUT2D eigenvalue weighted by Crippen LogP contribution is -2.25. The van der Waals surface area contributed by atoms with E-state index < -0.39 is 0 Å². The molecule has 0 aliphatic carbocycles. The number of nitrogens with one attached hydrogen (secondary N) is 1. The van der Waals surface area contributed by atoms with Gasteiger partial charge in [0, 0.05) is 12.4 Å². The van der Waals surface area contributed by atoms with Crippen molar-refractivity contribution in [3.63, 3.8) is 0 Å². The maximum Gasteiger partial charge on any atom is 0.224 e. The molecule has 0 bridgehead atoms. The van der Waals surface area contributed by atoms with E-state index in [9.17, 15) is 9.18 Å². The molecule has 5 heteroatoms. The van der Waals surface area contributed by atoms with E-state index >= 15 is 0 Å². The molecule has 106 valence electrons. The molecule has 1 N–H and O–H groups in total. The zero-order chi connectivity index (χ0) is 14.7. The smallest absolute Gasteiger partial charge is 0.224 e. The average Bonchev–Trinajstić information content (AvgIpc) is 2.90. The van der Waals surface area contributed by atoms with Crippen molar-refractivity contribution in [1.82, 2.24) is 14.7 Å². The molecule has 1 amide bonds. The SMILES string of the molecule is O=C(Cc1ccccc1F)NCc1cn2ccccc2n1. The number of aromatic nitrogens is 2. The Hall–Kier alpha value is -2.69. The summed E-state index contributed by atoms with van der Waals surface area (Å²) in [5.41, 5.74) is 1.99. The average molecular weight is 283 g/mol. The van der Waals surface area contributed by atoms with Crippen LogP contribution in [0.5, 0.6) is 0 Å². The number of pyridine rings is 1. The highest BCUT2D eigenvalue weighted by atomic mass is 19.1. The van der Waals surface area contributed by atoms with Crippen LogP contribution >= 0.6 is 0 Å². The molecule has 2 aromatic heterocycles. The molecule has 0 saturated carbocycles. The first-order valence-corrected chi connectivity index (χ1v) is 6.65. The summed E-state index contributed by atoms with van der Waals surface area (Å²) in [6.07, 6.45) is 3.78. The van der Waals surface area contributed by atoms with E-state index in [-0.39, 0.29) is 18.1 Å². The fraction of sp³-hybridized carbons (Fsp3) is 0.125. The Labute approximate surface area is 121 Å². The van der Waals surface area contributed by atoms with Crippen molar-refractivity contribution in [3.8, 4) is 0 Å². The number of hydrogen-bond acceptors (Lipinski definition) is 2. The topological polar surface area (TPSA) is 46.4 Å². The zero-order valence-electron chi connectivity index (χ0n) is 11.3. The van der Waals surface area contributed by atoms with Crippen LogP contribution in [-0.4, -0.2) is 15.3 Å². The first-order valence-electron chi connectivity index (χ1n) is 6.65. The van der Waals surface area contributed by atoms with Crippen LogP contribution in [0.3, 0.4) is 0 Å². The number of benzene rings is 1. The standard InChI is InChI=1S/C16H14FN3O/c17-14-6-2-1-5-12(14)9-16(21)18-10-13-11-20-8-4-3-7-15(20)19-13/h1-8,11H,9-10H2,(H,18,21). The summed E-state index contributed by atoms with van der Waals surface area (Å²) in [5.74, 6) is -0.586. The number of nitrogens with zero attached hydrogens (tertiary/aromatic N) is 2. The summed E-state index contributed by atoms with van der Waals surface area (Å²) in [4.78, 5) is 16.2. The number of carbonyl (C=O) groups excluding carboxylic acids is 1. The first-order chi connectivity index (χ1) is 10.2. The molecule has 0 aliphatic rings. The number of rotatable bonds is 4. The quantitative estimate of drug-likeness (QED) is 0.799. The van der Waals surface area contributed by atoms with E-state index in [0.717, 1.165) is 11.3 Å². The second-order valence-electron chi connectivity index (χ2n) is 4.74. The van der Waals surface area contributed by atoms with Crippen LogP contribution in [0.1, 0.15) is 11.3 Å². The second-order valence-corrected chi connectivity index (χ2v) is 4.74. The van der Waals surface area contributed by atoms with Gasteiger partial charge < -0.3 is 9.72 Å². The van der Waals surface area contributed by atoms with Gasteiger partial charge in [-0.25, -0.2) is 9.37 Å². The van der Waals surface area contributed by atoms with Gasteiger partial charge in [-0.15, -0.1) is 0 Å². The van der Waals surface area contributed by atoms with Gasteiger partial charge in [0.05, 0.1) is 18.7 Å². The summed E-state index contributed by atoms with van der Waals surface area (Å²) >= 11 is 0. The summed E-state index contributed by atoms with van der Waals surface area (Å²) in [6.45, 7) is 0.328. The Balaban J connectivity index is 1.62. The number of carbonyl (C=O) groups is 1. The largest absolute Gasteiger partial charge is 0.350 e. The normalized spacial score (nSPS) is 10.7. The van der Waals surface area contributed by atoms with Crippen molar-refractivity contribution in [2.75, 3.05) is 0 Å². The van der Waals surface area contributed by atoms with Gasteiger partial charge >= 0.3 is 0 Å². The van der Waals surface area contributed by atoms with Crippen molar-refractivity contribution in [2.45, 2.75) is 13.0 Å². The van der Waals surface area contributed by atoms with Crippen molar-refractivity contribution < 1.29 is 9.18 Å². The van der Waals surface area contributed by atoms with Gasteiger partial charge in [0.25, 0.3) is 0 Å². The fourth-order valence-corrected chi connectivity index (χ4v) is 2.14. The number of amides is 1. The van der Waals surface area contributed by atoms with Gasteiger partial charge in [-0.1, -0.05) is 24.3 Å². The predicted octanol–water partition coefficient (Wildman–Crippen LogP) is 2.33. The van der Waals surface area contributed by atoms with Crippen LogP contribution in [-0.2, 0) is 17.8 Å². The van der Waals surface area contributed by atoms with Crippen molar-refractivity contribution in [2.24, 2.45) is 0 Å². The Morgan fingerprint density at radius 3 is 2.81 bits per heavy atom. The molecule has 3 rings (SSSR count). The Bertz CT molecular complexity index is 749. The lowest BCUT2D eigenvalue weighted by molar-refractivity contribution is -0.120. The summed E-state index contributed by atoms with van der Waals surface area (Å²) in [5, 5.41) is 2.75. The van der Waals surface area contributed by atoms with Gasteiger partial charge in [-0.2, -0.15) is 0 Å². The molecule has 0 fully saturated rings. The monoisotopic (exact) mass is 283 g/mol. The highest BCUT2D eigenvalue weighted by Gasteiger charge is 2.08. The third-order valence-electron chi connectivity index (χ3n) is 3.19. The molecule has 4 nitrogen and oxygen atoms in total. The lowest BCUT2D eigenvalue weighted by Gasteiger charge is -2.04. The second kappa shape index (κ2) is 5.75. The number of imidazole rings is 1. The van der Waals surface area contributed by atoms with E-state index in [0.29, 0.717) is 12.1 Å². The molecule has 3 aromatic rings.